The SMILES string of the molecule is ICCNc1oncc1-c1ccccc1. The lowest BCUT2D eigenvalue weighted by molar-refractivity contribution is 0.433. The first-order chi connectivity index (χ1) is 7.42. The monoisotopic (exact) mass is 314 g/mol. The molecule has 4 heteroatoms. The zero-order valence-electron chi connectivity index (χ0n) is 8.11. The highest BCUT2D eigenvalue weighted by Crippen LogP contribution is 2.27. The van der Waals surface area contributed by atoms with E-state index in [1.165, 1.54) is 0 Å². The first-order valence-corrected chi connectivity index (χ1v) is 6.24. The molecule has 1 aromatic heterocycles. The molecule has 3 nitrogen and oxygen atoms in total. The summed E-state index contributed by atoms with van der Waals surface area (Å²) in [6.07, 6.45) is 1.74. The molecule has 0 saturated carbocycles. The van der Waals surface area contributed by atoms with E-state index in [0.29, 0.717) is 0 Å². The number of halogens is 1. The van der Waals surface area contributed by atoms with Gasteiger partial charge in [0, 0.05) is 11.0 Å². The Kier molecular flexibility index (Phi) is 3.60. The van der Waals surface area contributed by atoms with E-state index in [1.807, 2.05) is 30.3 Å². The van der Waals surface area contributed by atoms with Crippen LogP contribution < -0.4 is 5.32 Å². The fourth-order valence-corrected chi connectivity index (χ4v) is 1.62. The largest absolute Gasteiger partial charge is 0.353 e. The van der Waals surface area contributed by atoms with Crippen LogP contribution in [-0.4, -0.2) is 16.1 Å². The van der Waals surface area contributed by atoms with Crippen LogP contribution in [0.2, 0.25) is 0 Å². The van der Waals surface area contributed by atoms with Crippen molar-refractivity contribution in [3.05, 3.63) is 36.5 Å². The van der Waals surface area contributed by atoms with Gasteiger partial charge < -0.3 is 9.84 Å². The van der Waals surface area contributed by atoms with E-state index in [2.05, 4.69) is 33.1 Å². The van der Waals surface area contributed by atoms with Crippen molar-refractivity contribution in [2.45, 2.75) is 0 Å². The van der Waals surface area contributed by atoms with Crippen LogP contribution in [0, 0.1) is 0 Å². The maximum atomic E-state index is 5.16. The quantitative estimate of drug-likeness (QED) is 0.696. The summed E-state index contributed by atoms with van der Waals surface area (Å²) in [5.41, 5.74) is 2.13. The first kappa shape index (κ1) is 10.5. The molecule has 1 heterocycles. The Morgan fingerprint density at radius 1 is 1.27 bits per heavy atom. The minimum atomic E-state index is 0.748. The third-order valence-corrected chi connectivity index (χ3v) is 2.57. The molecule has 0 aliphatic heterocycles. The molecule has 0 aliphatic carbocycles. The van der Waals surface area contributed by atoms with Gasteiger partial charge in [-0.2, -0.15) is 0 Å². The lowest BCUT2D eigenvalue weighted by atomic mass is 10.1. The number of alkyl halides is 1. The van der Waals surface area contributed by atoms with Crippen molar-refractivity contribution in [3.8, 4) is 11.1 Å². The van der Waals surface area contributed by atoms with E-state index in [9.17, 15) is 0 Å². The Labute approximate surface area is 102 Å². The maximum absolute atomic E-state index is 5.16. The van der Waals surface area contributed by atoms with Gasteiger partial charge in [0.15, 0.2) is 0 Å². The van der Waals surface area contributed by atoms with E-state index in [-0.39, 0.29) is 0 Å². The Morgan fingerprint density at radius 2 is 2.07 bits per heavy atom. The Bertz CT molecular complexity index is 414. The highest BCUT2D eigenvalue weighted by molar-refractivity contribution is 14.1. The van der Waals surface area contributed by atoms with Gasteiger partial charge in [-0.15, -0.1) is 0 Å². The van der Waals surface area contributed by atoms with Gasteiger partial charge in [-0.25, -0.2) is 0 Å². The van der Waals surface area contributed by atoms with Crippen molar-refractivity contribution in [3.63, 3.8) is 0 Å². The Hall–Kier alpha value is -1.04. The van der Waals surface area contributed by atoms with Crippen LogP contribution in [0.1, 0.15) is 0 Å². The lowest BCUT2D eigenvalue weighted by Crippen LogP contribution is -2.01. The number of nitrogens with one attached hydrogen (secondary N) is 1. The fourth-order valence-electron chi connectivity index (χ4n) is 1.35. The van der Waals surface area contributed by atoms with Crippen molar-refractivity contribution in [2.75, 3.05) is 16.3 Å². The molecule has 0 spiro atoms. The van der Waals surface area contributed by atoms with Crippen LogP contribution in [0.3, 0.4) is 0 Å². The van der Waals surface area contributed by atoms with E-state index in [4.69, 9.17) is 4.52 Å². The third kappa shape index (κ3) is 2.50. The van der Waals surface area contributed by atoms with Crippen molar-refractivity contribution >= 4 is 28.5 Å². The summed E-state index contributed by atoms with van der Waals surface area (Å²) in [4.78, 5) is 0. The minimum Gasteiger partial charge on any atom is -0.353 e. The molecule has 0 fully saturated rings. The zero-order chi connectivity index (χ0) is 10.5. The van der Waals surface area contributed by atoms with E-state index < -0.39 is 0 Å². The summed E-state index contributed by atoms with van der Waals surface area (Å²) in [6, 6.07) is 10.1. The molecule has 1 aromatic carbocycles. The molecule has 0 bridgehead atoms. The van der Waals surface area contributed by atoms with Gasteiger partial charge >= 0.3 is 0 Å². The van der Waals surface area contributed by atoms with E-state index in [1.54, 1.807) is 6.20 Å². The number of hydrogen-bond acceptors (Lipinski definition) is 3. The molecular weight excluding hydrogens is 303 g/mol. The predicted molar refractivity (Wildman–Crippen MR) is 69.3 cm³/mol. The van der Waals surface area contributed by atoms with Crippen LogP contribution in [-0.2, 0) is 0 Å². The van der Waals surface area contributed by atoms with Gasteiger partial charge in [0.25, 0.3) is 0 Å². The normalized spacial score (nSPS) is 10.2. The predicted octanol–water partition coefficient (Wildman–Crippen LogP) is 3.19. The molecule has 15 heavy (non-hydrogen) atoms. The standard InChI is InChI=1S/C11H11IN2O/c12-6-7-13-11-10(8-14-15-11)9-4-2-1-3-5-9/h1-5,8,13H,6-7H2. The minimum absolute atomic E-state index is 0.748. The van der Waals surface area contributed by atoms with Crippen LogP contribution in [0.15, 0.2) is 41.1 Å². The summed E-state index contributed by atoms with van der Waals surface area (Å²) in [7, 11) is 0. The molecule has 1 N–H and O–H groups in total. The number of hydrogen-bond donors (Lipinski definition) is 1. The molecule has 0 radical (unpaired) electrons. The van der Waals surface area contributed by atoms with Crippen molar-refractivity contribution in [2.24, 2.45) is 0 Å². The summed E-state index contributed by atoms with van der Waals surface area (Å²) >= 11 is 2.31. The van der Waals surface area contributed by atoms with Gasteiger partial charge in [-0.05, 0) is 5.56 Å². The molecule has 78 valence electrons. The molecule has 0 unspecified atom stereocenters. The van der Waals surface area contributed by atoms with Gasteiger partial charge in [-0.3, -0.25) is 0 Å². The zero-order valence-corrected chi connectivity index (χ0v) is 10.3. The van der Waals surface area contributed by atoms with Crippen LogP contribution in [0.4, 0.5) is 5.88 Å². The molecule has 0 saturated heterocycles. The van der Waals surface area contributed by atoms with Gasteiger partial charge in [0.2, 0.25) is 5.88 Å². The number of nitrogens with zero attached hydrogens (tertiary/aromatic N) is 1. The molecule has 2 rings (SSSR count). The summed E-state index contributed by atoms with van der Waals surface area (Å²) in [6.45, 7) is 0.885. The van der Waals surface area contributed by atoms with Crippen LogP contribution in [0.5, 0.6) is 0 Å². The average Bonchev–Trinajstić information content (AvgIpc) is 2.75. The Balaban J connectivity index is 2.25. The third-order valence-electron chi connectivity index (χ3n) is 2.04. The van der Waals surface area contributed by atoms with E-state index in [0.717, 1.165) is 28.0 Å². The van der Waals surface area contributed by atoms with Crippen molar-refractivity contribution in [1.82, 2.24) is 5.16 Å². The highest BCUT2D eigenvalue weighted by Gasteiger charge is 2.08. The van der Waals surface area contributed by atoms with E-state index >= 15 is 0 Å². The highest BCUT2D eigenvalue weighted by atomic mass is 127. The average molecular weight is 314 g/mol. The molecule has 2 aromatic rings. The summed E-state index contributed by atoms with van der Waals surface area (Å²) in [5.74, 6) is 0.748. The number of aromatic nitrogens is 1. The van der Waals surface area contributed by atoms with Crippen molar-refractivity contribution in [1.29, 1.82) is 0 Å². The second-order valence-corrected chi connectivity index (χ2v) is 4.13. The number of benzene rings is 1. The summed E-state index contributed by atoms with van der Waals surface area (Å²) in [5, 5.41) is 7.02. The number of anilines is 1. The van der Waals surface area contributed by atoms with Gasteiger partial charge in [0.05, 0.1) is 11.8 Å². The molecule has 0 aliphatic rings. The van der Waals surface area contributed by atoms with Crippen LogP contribution >= 0.6 is 22.6 Å². The second-order valence-electron chi connectivity index (χ2n) is 3.05. The first-order valence-electron chi connectivity index (χ1n) is 4.72. The smallest absolute Gasteiger partial charge is 0.232 e. The summed E-state index contributed by atoms with van der Waals surface area (Å²) < 4.78 is 6.19. The molecule has 0 atom stereocenters. The van der Waals surface area contributed by atoms with Crippen molar-refractivity contribution < 1.29 is 4.52 Å². The van der Waals surface area contributed by atoms with Gasteiger partial charge in [0.1, 0.15) is 0 Å². The number of rotatable bonds is 4. The topological polar surface area (TPSA) is 38.1 Å². The fraction of sp³-hybridized carbons (Fsp3) is 0.182. The molecule has 0 amide bonds. The van der Waals surface area contributed by atoms with Crippen LogP contribution in [0.25, 0.3) is 11.1 Å². The van der Waals surface area contributed by atoms with Gasteiger partial charge in [-0.1, -0.05) is 58.1 Å². The maximum Gasteiger partial charge on any atom is 0.232 e. The molecular formula is C11H11IN2O. The Morgan fingerprint density at radius 3 is 2.80 bits per heavy atom. The lowest BCUT2D eigenvalue weighted by Gasteiger charge is -2.02. The second kappa shape index (κ2) is 5.16.